The number of esters is 1. The lowest BCUT2D eigenvalue weighted by Crippen LogP contribution is -2.28. The first-order valence-corrected chi connectivity index (χ1v) is 5.43. The molecule has 0 saturated heterocycles. The summed E-state index contributed by atoms with van der Waals surface area (Å²) in [4.78, 5) is 21.2. The van der Waals surface area contributed by atoms with Crippen LogP contribution in [-0.2, 0) is 4.74 Å². The van der Waals surface area contributed by atoms with Crippen LogP contribution in [0.1, 0.15) is 24.3 Å². The predicted molar refractivity (Wildman–Crippen MR) is 60.1 cm³/mol. The number of hydrogen-bond acceptors (Lipinski definition) is 5. The molecular formula is C11H17N3O2. The van der Waals surface area contributed by atoms with E-state index in [4.69, 9.17) is 4.74 Å². The molecule has 0 aliphatic heterocycles. The molecule has 0 unspecified atom stereocenters. The van der Waals surface area contributed by atoms with Crippen molar-refractivity contribution in [1.82, 2.24) is 14.9 Å². The number of likely N-dealkylation sites (N-methyl/N-ethyl adjacent to an activating group) is 1. The zero-order chi connectivity index (χ0) is 11.8. The number of hydrogen-bond donors (Lipinski definition) is 0. The molecule has 1 rings (SSSR count). The van der Waals surface area contributed by atoms with Crippen LogP contribution in [0.3, 0.4) is 0 Å². The second-order valence-electron chi connectivity index (χ2n) is 3.26. The van der Waals surface area contributed by atoms with Gasteiger partial charge in [-0.05, 0) is 19.2 Å². The highest BCUT2D eigenvalue weighted by Gasteiger charge is 2.08. The maximum absolute atomic E-state index is 11.5. The summed E-state index contributed by atoms with van der Waals surface area (Å²) in [6.45, 7) is 7.23. The monoisotopic (exact) mass is 223 g/mol. The summed E-state index contributed by atoms with van der Waals surface area (Å²) in [5, 5.41) is 0. The highest BCUT2D eigenvalue weighted by Crippen LogP contribution is 1.95. The molecule has 1 aromatic heterocycles. The van der Waals surface area contributed by atoms with Gasteiger partial charge in [0, 0.05) is 12.7 Å². The van der Waals surface area contributed by atoms with Crippen LogP contribution < -0.4 is 0 Å². The molecule has 1 heterocycles. The van der Waals surface area contributed by atoms with Crippen LogP contribution in [0.2, 0.25) is 0 Å². The second-order valence-corrected chi connectivity index (χ2v) is 3.26. The van der Waals surface area contributed by atoms with Crippen LogP contribution in [0.4, 0.5) is 0 Å². The average molecular weight is 223 g/mol. The van der Waals surface area contributed by atoms with Crippen molar-refractivity contribution in [1.29, 1.82) is 0 Å². The van der Waals surface area contributed by atoms with Crippen molar-refractivity contribution in [3.8, 4) is 0 Å². The van der Waals surface area contributed by atoms with Gasteiger partial charge in [-0.3, -0.25) is 0 Å². The van der Waals surface area contributed by atoms with Gasteiger partial charge in [-0.15, -0.1) is 0 Å². The number of carbonyl (C=O) groups excluding carboxylic acids is 1. The third-order valence-electron chi connectivity index (χ3n) is 2.33. The minimum absolute atomic E-state index is 0.301. The zero-order valence-electron chi connectivity index (χ0n) is 9.72. The number of nitrogens with zero attached hydrogens (tertiary/aromatic N) is 3. The molecule has 0 atom stereocenters. The molecule has 0 amide bonds. The fraction of sp³-hybridized carbons (Fsp3) is 0.545. The van der Waals surface area contributed by atoms with Gasteiger partial charge in [0.05, 0.1) is 0 Å². The summed E-state index contributed by atoms with van der Waals surface area (Å²) in [6, 6.07) is 1.54. The molecule has 0 aliphatic rings. The number of rotatable bonds is 6. The van der Waals surface area contributed by atoms with Crippen molar-refractivity contribution >= 4 is 5.97 Å². The smallest absolute Gasteiger partial charge is 0.357 e. The first kappa shape index (κ1) is 12.6. The highest BCUT2D eigenvalue weighted by molar-refractivity contribution is 5.86. The van der Waals surface area contributed by atoms with E-state index in [1.165, 1.54) is 12.5 Å². The van der Waals surface area contributed by atoms with Gasteiger partial charge in [-0.1, -0.05) is 13.8 Å². The fourth-order valence-corrected chi connectivity index (χ4v) is 1.29. The van der Waals surface area contributed by atoms with Gasteiger partial charge in [0.15, 0.2) is 5.69 Å². The van der Waals surface area contributed by atoms with Gasteiger partial charge in [0.1, 0.15) is 12.9 Å². The molecule has 0 bridgehead atoms. The molecule has 0 aliphatic carbocycles. The van der Waals surface area contributed by atoms with Gasteiger partial charge in [0.2, 0.25) is 0 Å². The van der Waals surface area contributed by atoms with Crippen molar-refractivity contribution in [3.05, 3.63) is 24.3 Å². The molecule has 1 aromatic rings. The van der Waals surface area contributed by atoms with E-state index in [1.807, 2.05) is 0 Å². The van der Waals surface area contributed by atoms with Gasteiger partial charge in [-0.2, -0.15) is 0 Å². The third-order valence-corrected chi connectivity index (χ3v) is 2.33. The van der Waals surface area contributed by atoms with E-state index >= 15 is 0 Å². The molecule has 0 fully saturated rings. The van der Waals surface area contributed by atoms with Crippen molar-refractivity contribution in [2.75, 3.05) is 26.2 Å². The van der Waals surface area contributed by atoms with Crippen LogP contribution in [-0.4, -0.2) is 47.1 Å². The predicted octanol–water partition coefficient (Wildman–Crippen LogP) is 0.975. The fourth-order valence-electron chi connectivity index (χ4n) is 1.29. The Morgan fingerprint density at radius 2 is 2.19 bits per heavy atom. The molecule has 0 aromatic carbocycles. The van der Waals surface area contributed by atoms with Crippen molar-refractivity contribution in [2.24, 2.45) is 0 Å². The van der Waals surface area contributed by atoms with Crippen LogP contribution in [0.5, 0.6) is 0 Å². The Morgan fingerprint density at radius 1 is 1.44 bits per heavy atom. The Hall–Kier alpha value is -1.49. The van der Waals surface area contributed by atoms with E-state index in [0.29, 0.717) is 12.3 Å². The Balaban J connectivity index is 2.31. The molecule has 0 spiro atoms. The average Bonchev–Trinajstić information content (AvgIpc) is 2.35. The van der Waals surface area contributed by atoms with Crippen molar-refractivity contribution < 1.29 is 9.53 Å². The molecule has 0 saturated carbocycles. The third kappa shape index (κ3) is 3.94. The summed E-state index contributed by atoms with van der Waals surface area (Å²) in [5.41, 5.74) is 0.301. The van der Waals surface area contributed by atoms with E-state index in [2.05, 4.69) is 28.7 Å². The van der Waals surface area contributed by atoms with Gasteiger partial charge < -0.3 is 9.64 Å². The molecule has 5 nitrogen and oxygen atoms in total. The minimum Gasteiger partial charge on any atom is -0.460 e. The van der Waals surface area contributed by atoms with Crippen LogP contribution in [0, 0.1) is 0 Å². The van der Waals surface area contributed by atoms with Crippen molar-refractivity contribution in [3.63, 3.8) is 0 Å². The maximum Gasteiger partial charge on any atom is 0.357 e. The zero-order valence-corrected chi connectivity index (χ0v) is 9.72. The van der Waals surface area contributed by atoms with Crippen LogP contribution in [0.15, 0.2) is 18.6 Å². The van der Waals surface area contributed by atoms with E-state index in [0.717, 1.165) is 19.6 Å². The Kier molecular flexibility index (Phi) is 5.42. The lowest BCUT2D eigenvalue weighted by atomic mass is 10.4. The molecular weight excluding hydrogens is 206 g/mol. The summed E-state index contributed by atoms with van der Waals surface area (Å²) in [7, 11) is 0. The normalized spacial score (nSPS) is 10.4. The standard InChI is InChI=1S/C11H17N3O2/c1-3-14(4-2)7-8-16-11(15)10-5-6-12-9-13-10/h5-6,9H,3-4,7-8H2,1-2H3. The minimum atomic E-state index is -0.394. The largest absolute Gasteiger partial charge is 0.460 e. The molecule has 88 valence electrons. The topological polar surface area (TPSA) is 55.3 Å². The lowest BCUT2D eigenvalue weighted by Gasteiger charge is -2.17. The summed E-state index contributed by atoms with van der Waals surface area (Å²) < 4.78 is 5.09. The van der Waals surface area contributed by atoms with Gasteiger partial charge in [0.25, 0.3) is 0 Å². The number of aromatic nitrogens is 2. The molecule has 5 heteroatoms. The van der Waals surface area contributed by atoms with Gasteiger partial charge >= 0.3 is 5.97 Å². The van der Waals surface area contributed by atoms with Crippen molar-refractivity contribution in [2.45, 2.75) is 13.8 Å². The quantitative estimate of drug-likeness (QED) is 0.673. The summed E-state index contributed by atoms with van der Waals surface area (Å²) in [5.74, 6) is -0.394. The first-order chi connectivity index (χ1) is 7.77. The number of ether oxygens (including phenoxy) is 1. The Bertz CT molecular complexity index is 312. The van der Waals surface area contributed by atoms with Crippen LogP contribution in [0.25, 0.3) is 0 Å². The molecule has 16 heavy (non-hydrogen) atoms. The van der Waals surface area contributed by atoms with Gasteiger partial charge in [-0.25, -0.2) is 14.8 Å². The first-order valence-electron chi connectivity index (χ1n) is 5.43. The Labute approximate surface area is 95.5 Å². The SMILES string of the molecule is CCN(CC)CCOC(=O)c1ccncn1. The van der Waals surface area contributed by atoms with Crippen LogP contribution >= 0.6 is 0 Å². The van der Waals surface area contributed by atoms with E-state index in [9.17, 15) is 4.79 Å². The second kappa shape index (κ2) is 6.90. The van der Waals surface area contributed by atoms with E-state index < -0.39 is 5.97 Å². The molecule has 0 radical (unpaired) electrons. The Morgan fingerprint density at radius 3 is 2.75 bits per heavy atom. The maximum atomic E-state index is 11.5. The summed E-state index contributed by atoms with van der Waals surface area (Å²) in [6.07, 6.45) is 2.86. The van der Waals surface area contributed by atoms with E-state index in [-0.39, 0.29) is 0 Å². The summed E-state index contributed by atoms with van der Waals surface area (Å²) >= 11 is 0. The van der Waals surface area contributed by atoms with E-state index in [1.54, 1.807) is 6.07 Å². The highest BCUT2D eigenvalue weighted by atomic mass is 16.5. The molecule has 0 N–H and O–H groups in total. The number of carbonyl (C=O) groups is 1. The lowest BCUT2D eigenvalue weighted by molar-refractivity contribution is 0.0459.